The van der Waals surface area contributed by atoms with Crippen LogP contribution in [0, 0.1) is 0 Å². The summed E-state index contributed by atoms with van der Waals surface area (Å²) in [6.45, 7) is 2.61. The molecule has 1 atom stereocenters. The average molecular weight is 414 g/mol. The largest absolute Gasteiger partial charge is 0.507 e. The van der Waals surface area contributed by atoms with Crippen molar-refractivity contribution in [2.45, 2.75) is 19.4 Å². The number of ether oxygens (including phenoxy) is 1. The quantitative estimate of drug-likeness (QED) is 0.365. The third kappa shape index (κ3) is 3.92. The molecule has 0 unspecified atom stereocenters. The first-order valence-electron chi connectivity index (χ1n) is 10.1. The van der Waals surface area contributed by atoms with Crippen LogP contribution >= 0.6 is 0 Å². The summed E-state index contributed by atoms with van der Waals surface area (Å²) in [6, 6.07) is 20.3. The van der Waals surface area contributed by atoms with Crippen LogP contribution in [0.4, 0.5) is 5.82 Å². The highest BCUT2D eigenvalue weighted by atomic mass is 16.5. The molecule has 31 heavy (non-hydrogen) atoms. The average Bonchev–Trinajstić information content (AvgIpc) is 3.09. The Morgan fingerprint density at radius 3 is 2.35 bits per heavy atom. The number of nitrogens with zero attached hydrogens (tertiary/aromatic N) is 2. The number of ketones is 1. The van der Waals surface area contributed by atoms with E-state index < -0.39 is 17.7 Å². The van der Waals surface area contributed by atoms with Gasteiger partial charge in [-0.05, 0) is 48.4 Å². The van der Waals surface area contributed by atoms with E-state index in [9.17, 15) is 14.7 Å². The lowest BCUT2D eigenvalue weighted by atomic mass is 9.95. The van der Waals surface area contributed by atoms with Crippen LogP contribution in [0.15, 0.2) is 84.6 Å². The summed E-state index contributed by atoms with van der Waals surface area (Å²) in [5.41, 5.74) is 1.17. The topological polar surface area (TPSA) is 79.7 Å². The number of aromatic nitrogens is 1. The maximum absolute atomic E-state index is 13.0. The van der Waals surface area contributed by atoms with Crippen molar-refractivity contribution in [2.24, 2.45) is 0 Å². The van der Waals surface area contributed by atoms with E-state index in [1.54, 1.807) is 48.7 Å². The van der Waals surface area contributed by atoms with Gasteiger partial charge in [-0.25, -0.2) is 4.98 Å². The van der Waals surface area contributed by atoms with Crippen molar-refractivity contribution in [3.05, 3.63) is 95.7 Å². The monoisotopic (exact) mass is 414 g/mol. The molecule has 1 saturated heterocycles. The number of rotatable bonds is 6. The zero-order valence-corrected chi connectivity index (χ0v) is 17.1. The first kappa shape index (κ1) is 20.3. The smallest absolute Gasteiger partial charge is 0.301 e. The van der Waals surface area contributed by atoms with Crippen molar-refractivity contribution in [1.29, 1.82) is 0 Å². The van der Waals surface area contributed by atoms with Crippen molar-refractivity contribution in [3.63, 3.8) is 0 Å². The summed E-state index contributed by atoms with van der Waals surface area (Å²) in [5, 5.41) is 11.1. The minimum absolute atomic E-state index is 0.0316. The Kier molecular flexibility index (Phi) is 5.80. The second kappa shape index (κ2) is 8.83. The molecule has 1 amide bonds. The number of aliphatic hydroxyl groups excluding tert-OH is 1. The lowest BCUT2D eigenvalue weighted by molar-refractivity contribution is -0.132. The second-order valence-electron chi connectivity index (χ2n) is 7.14. The number of aliphatic hydroxyl groups is 1. The van der Waals surface area contributed by atoms with Gasteiger partial charge >= 0.3 is 5.91 Å². The molecule has 156 valence electrons. The van der Waals surface area contributed by atoms with Gasteiger partial charge in [0.1, 0.15) is 17.3 Å². The summed E-state index contributed by atoms with van der Waals surface area (Å²) in [4.78, 5) is 31.6. The van der Waals surface area contributed by atoms with E-state index in [4.69, 9.17) is 4.74 Å². The van der Waals surface area contributed by atoms with Crippen molar-refractivity contribution < 1.29 is 19.4 Å². The molecule has 0 bridgehead atoms. The number of hydrogen-bond acceptors (Lipinski definition) is 5. The van der Waals surface area contributed by atoms with E-state index in [-0.39, 0.29) is 11.3 Å². The molecule has 0 saturated carbocycles. The van der Waals surface area contributed by atoms with Crippen LogP contribution in [0.3, 0.4) is 0 Å². The van der Waals surface area contributed by atoms with E-state index in [1.807, 2.05) is 37.3 Å². The van der Waals surface area contributed by atoms with Gasteiger partial charge < -0.3 is 9.84 Å². The normalized spacial score (nSPS) is 17.7. The van der Waals surface area contributed by atoms with Crippen molar-refractivity contribution in [2.75, 3.05) is 11.5 Å². The van der Waals surface area contributed by atoms with Crippen LogP contribution in [-0.4, -0.2) is 28.4 Å². The van der Waals surface area contributed by atoms with Gasteiger partial charge in [-0.1, -0.05) is 43.3 Å². The lowest BCUT2D eigenvalue weighted by Crippen LogP contribution is -2.30. The molecular formula is C25H22N2O4. The van der Waals surface area contributed by atoms with Crippen LogP contribution < -0.4 is 9.64 Å². The fraction of sp³-hybridized carbons (Fsp3) is 0.160. The Hall–Kier alpha value is -3.93. The number of hydrogen-bond donors (Lipinski definition) is 1. The predicted molar refractivity (Wildman–Crippen MR) is 118 cm³/mol. The number of anilines is 1. The molecule has 2 aromatic carbocycles. The fourth-order valence-corrected chi connectivity index (χ4v) is 3.60. The molecule has 0 aliphatic carbocycles. The number of amides is 1. The number of carbonyl (C=O) groups excluding carboxylic acids is 2. The van der Waals surface area contributed by atoms with Crippen molar-refractivity contribution >= 4 is 23.3 Å². The minimum Gasteiger partial charge on any atom is -0.507 e. The van der Waals surface area contributed by atoms with Gasteiger partial charge in [-0.15, -0.1) is 0 Å². The van der Waals surface area contributed by atoms with E-state index in [1.165, 1.54) is 4.90 Å². The standard InChI is InChI=1S/C25H22N2O4/c1-2-16-31-19-13-11-18(12-14-19)23(28)21-22(17-8-4-3-5-9-17)27(25(30)24(21)29)20-10-6-7-15-26-20/h3-15,22,28H,2,16H2,1H3/t22-/m1/s1. The van der Waals surface area contributed by atoms with Gasteiger partial charge in [0, 0.05) is 11.8 Å². The summed E-state index contributed by atoms with van der Waals surface area (Å²) in [6.07, 6.45) is 2.45. The highest BCUT2D eigenvalue weighted by Gasteiger charge is 2.47. The molecule has 6 heteroatoms. The summed E-state index contributed by atoms with van der Waals surface area (Å²) in [7, 11) is 0. The van der Waals surface area contributed by atoms with Gasteiger partial charge in [-0.2, -0.15) is 0 Å². The summed E-state index contributed by atoms with van der Waals surface area (Å²) < 4.78 is 5.58. The summed E-state index contributed by atoms with van der Waals surface area (Å²) in [5.74, 6) is -0.680. The molecule has 1 aliphatic heterocycles. The Balaban J connectivity index is 1.82. The maximum Gasteiger partial charge on any atom is 0.301 e. The number of pyridine rings is 1. The number of Topliss-reactive ketones (excluding diaryl/α,β-unsaturated/α-hetero) is 1. The Morgan fingerprint density at radius 2 is 1.71 bits per heavy atom. The highest BCUT2D eigenvalue weighted by molar-refractivity contribution is 6.51. The maximum atomic E-state index is 13.0. The Morgan fingerprint density at radius 1 is 1.00 bits per heavy atom. The fourth-order valence-electron chi connectivity index (χ4n) is 3.60. The van der Waals surface area contributed by atoms with Gasteiger partial charge in [-0.3, -0.25) is 14.5 Å². The molecule has 4 rings (SSSR count). The van der Waals surface area contributed by atoms with Gasteiger partial charge in [0.2, 0.25) is 0 Å². The lowest BCUT2D eigenvalue weighted by Gasteiger charge is -2.24. The van der Waals surface area contributed by atoms with Crippen molar-refractivity contribution in [3.8, 4) is 5.75 Å². The molecule has 0 radical (unpaired) electrons. The molecular weight excluding hydrogens is 392 g/mol. The molecule has 3 aromatic rings. The number of carbonyl (C=O) groups is 2. The molecule has 0 spiro atoms. The first-order valence-corrected chi connectivity index (χ1v) is 10.1. The third-order valence-corrected chi connectivity index (χ3v) is 5.06. The SMILES string of the molecule is CCCOc1ccc(C(O)=C2C(=O)C(=O)N(c3ccccn3)[C@@H]2c2ccccc2)cc1. The highest BCUT2D eigenvalue weighted by Crippen LogP contribution is 2.41. The summed E-state index contributed by atoms with van der Waals surface area (Å²) >= 11 is 0. The van der Waals surface area contributed by atoms with E-state index in [2.05, 4.69) is 4.98 Å². The number of benzene rings is 2. The molecule has 1 fully saturated rings. The second-order valence-corrected chi connectivity index (χ2v) is 7.14. The van der Waals surface area contributed by atoms with E-state index in [0.29, 0.717) is 29.3 Å². The van der Waals surface area contributed by atoms with Gasteiger partial charge in [0.25, 0.3) is 5.78 Å². The van der Waals surface area contributed by atoms with Crippen LogP contribution in [0.2, 0.25) is 0 Å². The molecule has 6 nitrogen and oxygen atoms in total. The molecule has 2 heterocycles. The molecule has 1 aliphatic rings. The zero-order valence-electron chi connectivity index (χ0n) is 17.1. The molecule has 1 N–H and O–H groups in total. The molecule has 1 aromatic heterocycles. The van der Waals surface area contributed by atoms with E-state index >= 15 is 0 Å². The van der Waals surface area contributed by atoms with Crippen LogP contribution in [-0.2, 0) is 9.59 Å². The predicted octanol–water partition coefficient (Wildman–Crippen LogP) is 4.50. The zero-order chi connectivity index (χ0) is 21.8. The van der Waals surface area contributed by atoms with Crippen molar-refractivity contribution in [1.82, 2.24) is 4.98 Å². The Labute approximate surface area is 180 Å². The third-order valence-electron chi connectivity index (χ3n) is 5.06. The Bertz CT molecular complexity index is 1110. The minimum atomic E-state index is -0.785. The first-order chi connectivity index (χ1) is 15.1. The van der Waals surface area contributed by atoms with Gasteiger partial charge in [0.15, 0.2) is 0 Å². The van der Waals surface area contributed by atoms with E-state index in [0.717, 1.165) is 6.42 Å². The van der Waals surface area contributed by atoms with Gasteiger partial charge in [0.05, 0.1) is 18.2 Å². The van der Waals surface area contributed by atoms with Crippen LogP contribution in [0.5, 0.6) is 5.75 Å². The van der Waals surface area contributed by atoms with Crippen LogP contribution in [0.25, 0.3) is 5.76 Å². The van der Waals surface area contributed by atoms with Crippen LogP contribution in [0.1, 0.15) is 30.5 Å².